The maximum Gasteiger partial charge on any atom is 0.180 e. The highest BCUT2D eigenvalue weighted by atomic mass is 32.1. The predicted octanol–water partition coefficient (Wildman–Crippen LogP) is 12.6. The molecule has 4 heterocycles. The number of thiophene rings is 1. The first-order valence-corrected chi connectivity index (χ1v) is 16.8. The molecule has 6 aromatic carbocycles. The summed E-state index contributed by atoms with van der Waals surface area (Å²) < 4.78 is 14.1. The standard InChI is InChI=1S/C12H8O.C12H8S.C7H5NS.C7H8.C3H3NO/c2*1-3-7-11-9(5-1)10-6-2-4-8-12(10)13-11;1-2-4-7-6(3-1)8-5-9-7;1-7-5-3-2-4-6-7;1-2-5-3-4-1/h2*1-8H;1-5H;2-6H,1H3;1-3H. The number of rotatable bonds is 0. The molecule has 0 N–H and O–H groups in total. The molecule has 0 aliphatic rings. The molecule has 0 aliphatic heterocycles. The van der Waals surface area contributed by atoms with Crippen molar-refractivity contribution in [3.63, 3.8) is 0 Å². The van der Waals surface area contributed by atoms with Crippen LogP contribution in [-0.2, 0) is 0 Å². The molecule has 0 fully saturated rings. The van der Waals surface area contributed by atoms with Crippen LogP contribution in [-0.4, -0.2) is 9.97 Å². The van der Waals surface area contributed by atoms with Gasteiger partial charge in [0, 0.05) is 30.9 Å². The maximum absolute atomic E-state index is 5.65. The number of para-hydroxylation sites is 3. The summed E-state index contributed by atoms with van der Waals surface area (Å²) in [4.78, 5) is 7.69. The van der Waals surface area contributed by atoms with Gasteiger partial charge in [0.2, 0.25) is 0 Å². The molecule has 0 saturated heterocycles. The first kappa shape index (κ1) is 31.4. The van der Waals surface area contributed by atoms with E-state index in [4.69, 9.17) is 4.42 Å². The van der Waals surface area contributed by atoms with E-state index in [2.05, 4.69) is 100 Å². The Morgan fingerprint density at radius 1 is 0.511 bits per heavy atom. The van der Waals surface area contributed by atoms with Crippen molar-refractivity contribution in [3.8, 4) is 0 Å². The number of furan rings is 1. The van der Waals surface area contributed by atoms with Crippen LogP contribution >= 0.6 is 22.7 Å². The van der Waals surface area contributed by atoms with Crippen LogP contribution in [0.3, 0.4) is 0 Å². The van der Waals surface area contributed by atoms with Crippen molar-refractivity contribution in [1.82, 2.24) is 9.97 Å². The Bertz CT molecular complexity index is 2140. The van der Waals surface area contributed by atoms with Crippen molar-refractivity contribution >= 4 is 75.0 Å². The lowest BCUT2D eigenvalue weighted by molar-refractivity contribution is 0.558. The molecule has 0 bridgehead atoms. The number of hydrogen-bond acceptors (Lipinski definition) is 6. The fourth-order valence-corrected chi connectivity index (χ4v) is 6.65. The van der Waals surface area contributed by atoms with Gasteiger partial charge < -0.3 is 8.83 Å². The first-order chi connectivity index (χ1) is 23.3. The molecule has 47 heavy (non-hydrogen) atoms. The molecular weight excluding hydrogens is 617 g/mol. The van der Waals surface area contributed by atoms with Crippen molar-refractivity contribution in [2.75, 3.05) is 0 Å². The van der Waals surface area contributed by atoms with E-state index >= 15 is 0 Å². The van der Waals surface area contributed by atoms with Crippen LogP contribution in [0.15, 0.2) is 185 Å². The maximum atomic E-state index is 5.65. The number of hydrogen-bond donors (Lipinski definition) is 0. The number of oxazole rings is 1. The van der Waals surface area contributed by atoms with E-state index in [9.17, 15) is 0 Å². The first-order valence-electron chi connectivity index (χ1n) is 15.1. The van der Waals surface area contributed by atoms with Crippen LogP contribution in [0, 0.1) is 6.92 Å². The smallest absolute Gasteiger partial charge is 0.180 e. The van der Waals surface area contributed by atoms with Gasteiger partial charge in [0.25, 0.3) is 0 Å². The van der Waals surface area contributed by atoms with Gasteiger partial charge in [0.15, 0.2) is 6.39 Å². The molecule has 0 radical (unpaired) electrons. The molecule has 10 aromatic rings. The Labute approximate surface area is 281 Å². The SMILES string of the molecule is Cc1ccccc1.c1ccc2c(c1)oc1ccccc12.c1ccc2c(c1)sc1ccccc12.c1ccc2scnc2c1.c1cocn1. The van der Waals surface area contributed by atoms with E-state index in [1.54, 1.807) is 17.5 Å². The average Bonchev–Trinajstić information content (AvgIpc) is 3.96. The highest BCUT2D eigenvalue weighted by Gasteiger charge is 2.03. The highest BCUT2D eigenvalue weighted by Crippen LogP contribution is 2.33. The third-order valence-corrected chi connectivity index (χ3v) is 9.05. The third kappa shape index (κ3) is 8.38. The summed E-state index contributed by atoms with van der Waals surface area (Å²) in [6.07, 6.45) is 4.47. The molecule has 0 spiro atoms. The third-order valence-electron chi connectivity index (χ3n) is 7.09. The fourth-order valence-electron chi connectivity index (χ4n) is 4.86. The number of thiazole rings is 1. The van der Waals surface area contributed by atoms with E-state index in [1.807, 2.05) is 89.6 Å². The molecule has 4 nitrogen and oxygen atoms in total. The normalized spacial score (nSPS) is 10.2. The van der Waals surface area contributed by atoms with E-state index in [0.29, 0.717) is 0 Å². The molecular formula is C41H32N2O2S2. The van der Waals surface area contributed by atoms with Crippen molar-refractivity contribution < 1.29 is 8.83 Å². The molecule has 0 aliphatic carbocycles. The Kier molecular flexibility index (Phi) is 10.8. The molecule has 4 aromatic heterocycles. The molecule has 10 rings (SSSR count). The fraction of sp³-hybridized carbons (Fsp3) is 0.0244. The summed E-state index contributed by atoms with van der Waals surface area (Å²) in [5.74, 6) is 0. The lowest BCUT2D eigenvalue weighted by Gasteiger charge is -1.88. The summed E-state index contributed by atoms with van der Waals surface area (Å²) in [6, 6.07) is 51.7. The Hall–Kier alpha value is -5.56. The Morgan fingerprint density at radius 3 is 1.51 bits per heavy atom. The van der Waals surface area contributed by atoms with E-state index in [-0.39, 0.29) is 0 Å². The Balaban J connectivity index is 0.000000107. The molecule has 0 atom stereocenters. The second kappa shape index (κ2) is 16.1. The largest absolute Gasteiger partial charge is 0.456 e. The van der Waals surface area contributed by atoms with Crippen LogP contribution in [0.5, 0.6) is 0 Å². The second-order valence-corrected chi connectivity index (χ2v) is 12.3. The minimum absolute atomic E-state index is 0.962. The minimum atomic E-state index is 0.962. The summed E-state index contributed by atoms with van der Waals surface area (Å²) in [6.45, 7) is 2.08. The van der Waals surface area contributed by atoms with Crippen molar-refractivity contribution in [1.29, 1.82) is 0 Å². The highest BCUT2D eigenvalue weighted by molar-refractivity contribution is 7.25. The van der Waals surface area contributed by atoms with Crippen molar-refractivity contribution in [3.05, 3.63) is 182 Å². The van der Waals surface area contributed by atoms with Crippen molar-refractivity contribution in [2.24, 2.45) is 0 Å². The molecule has 0 unspecified atom stereocenters. The van der Waals surface area contributed by atoms with E-state index in [1.165, 1.54) is 53.9 Å². The monoisotopic (exact) mass is 648 g/mol. The van der Waals surface area contributed by atoms with Gasteiger partial charge >= 0.3 is 0 Å². The van der Waals surface area contributed by atoms with Crippen LogP contribution < -0.4 is 0 Å². The minimum Gasteiger partial charge on any atom is -0.456 e. The number of aromatic nitrogens is 2. The summed E-state index contributed by atoms with van der Waals surface area (Å²) >= 11 is 3.54. The quantitative estimate of drug-likeness (QED) is 0.164. The van der Waals surface area contributed by atoms with Gasteiger partial charge in [-0.3, -0.25) is 0 Å². The summed E-state index contributed by atoms with van der Waals surface area (Å²) in [5.41, 5.74) is 6.21. The number of benzene rings is 6. The van der Waals surface area contributed by atoms with Crippen LogP contribution in [0.25, 0.3) is 52.3 Å². The zero-order chi connectivity index (χ0) is 32.1. The summed E-state index contributed by atoms with van der Waals surface area (Å²) in [5, 5.41) is 5.14. The van der Waals surface area contributed by atoms with E-state index in [0.717, 1.165) is 16.7 Å². The van der Waals surface area contributed by atoms with Gasteiger partial charge in [-0.2, -0.15) is 0 Å². The topological polar surface area (TPSA) is 52.1 Å². The van der Waals surface area contributed by atoms with Crippen molar-refractivity contribution in [2.45, 2.75) is 6.92 Å². The number of fused-ring (bicyclic) bond motifs is 7. The van der Waals surface area contributed by atoms with E-state index < -0.39 is 0 Å². The second-order valence-electron chi connectivity index (χ2n) is 10.3. The lowest BCUT2D eigenvalue weighted by Crippen LogP contribution is -1.62. The summed E-state index contributed by atoms with van der Waals surface area (Å²) in [7, 11) is 0. The van der Waals surface area contributed by atoms with Gasteiger partial charge in [-0.1, -0.05) is 121 Å². The molecule has 0 amide bonds. The van der Waals surface area contributed by atoms with Gasteiger partial charge in [0.1, 0.15) is 17.4 Å². The number of nitrogens with zero attached hydrogens (tertiary/aromatic N) is 2. The van der Waals surface area contributed by atoms with Gasteiger partial charge in [-0.25, -0.2) is 9.97 Å². The van der Waals surface area contributed by atoms with Crippen LogP contribution in [0.1, 0.15) is 5.56 Å². The van der Waals surface area contributed by atoms with Gasteiger partial charge in [-0.05, 0) is 43.3 Å². The van der Waals surface area contributed by atoms with Gasteiger partial charge in [0.05, 0.1) is 21.9 Å². The van der Waals surface area contributed by atoms with Gasteiger partial charge in [-0.15, -0.1) is 22.7 Å². The van der Waals surface area contributed by atoms with Crippen LogP contribution in [0.4, 0.5) is 0 Å². The van der Waals surface area contributed by atoms with Crippen LogP contribution in [0.2, 0.25) is 0 Å². The molecule has 6 heteroatoms. The Morgan fingerprint density at radius 2 is 1.02 bits per heavy atom. The lowest BCUT2D eigenvalue weighted by atomic mass is 10.2. The average molecular weight is 649 g/mol. The molecule has 230 valence electrons. The molecule has 0 saturated carbocycles. The number of aryl methyl sites for hydroxylation is 1. The zero-order valence-electron chi connectivity index (χ0n) is 25.8. The zero-order valence-corrected chi connectivity index (χ0v) is 27.4. The predicted molar refractivity (Wildman–Crippen MR) is 200 cm³/mol.